The van der Waals surface area contributed by atoms with Crippen molar-refractivity contribution in [2.75, 3.05) is 5.43 Å². The van der Waals surface area contributed by atoms with E-state index in [2.05, 4.69) is 17.5 Å². The van der Waals surface area contributed by atoms with Crippen molar-refractivity contribution in [2.24, 2.45) is 5.10 Å². The van der Waals surface area contributed by atoms with Crippen molar-refractivity contribution < 1.29 is 0 Å². The van der Waals surface area contributed by atoms with Gasteiger partial charge >= 0.3 is 0 Å². The highest BCUT2D eigenvalue weighted by Gasteiger charge is 1.93. The molecule has 0 saturated carbocycles. The third kappa shape index (κ3) is 3.33. The van der Waals surface area contributed by atoms with Gasteiger partial charge < -0.3 is 0 Å². The SMILES string of the molecule is Cc1ccc(N/N=C/c2ccccc2Cl)cc1. The van der Waals surface area contributed by atoms with Crippen LogP contribution in [0.4, 0.5) is 5.69 Å². The first-order valence-corrected chi connectivity index (χ1v) is 5.74. The number of hydrogen-bond donors (Lipinski definition) is 1. The third-order valence-corrected chi connectivity index (χ3v) is 2.70. The third-order valence-electron chi connectivity index (χ3n) is 2.35. The summed E-state index contributed by atoms with van der Waals surface area (Å²) in [5, 5.41) is 4.84. The molecule has 0 bridgehead atoms. The minimum atomic E-state index is 0.696. The molecule has 2 aromatic rings. The summed E-state index contributed by atoms with van der Waals surface area (Å²) in [4.78, 5) is 0. The number of benzene rings is 2. The molecule has 0 saturated heterocycles. The second-order valence-electron chi connectivity index (χ2n) is 3.76. The number of aryl methyl sites for hydroxylation is 1. The number of nitrogens with zero attached hydrogens (tertiary/aromatic N) is 1. The molecule has 0 amide bonds. The van der Waals surface area contributed by atoms with Crippen LogP contribution < -0.4 is 5.43 Å². The fourth-order valence-corrected chi connectivity index (χ4v) is 1.57. The highest BCUT2D eigenvalue weighted by atomic mass is 35.5. The van der Waals surface area contributed by atoms with Crippen LogP contribution in [0.3, 0.4) is 0 Å². The highest BCUT2D eigenvalue weighted by Crippen LogP contribution is 2.13. The molecule has 1 N–H and O–H groups in total. The van der Waals surface area contributed by atoms with Crippen LogP contribution in [-0.2, 0) is 0 Å². The molecule has 2 nitrogen and oxygen atoms in total. The van der Waals surface area contributed by atoms with E-state index in [1.54, 1.807) is 6.21 Å². The van der Waals surface area contributed by atoms with Gasteiger partial charge in [0.05, 0.1) is 11.9 Å². The van der Waals surface area contributed by atoms with E-state index in [4.69, 9.17) is 11.6 Å². The lowest BCUT2D eigenvalue weighted by atomic mass is 10.2. The lowest BCUT2D eigenvalue weighted by molar-refractivity contribution is 1.34. The molecule has 0 atom stereocenters. The molecule has 0 aliphatic carbocycles. The predicted molar refractivity (Wildman–Crippen MR) is 73.8 cm³/mol. The lowest BCUT2D eigenvalue weighted by Crippen LogP contribution is -1.90. The van der Waals surface area contributed by atoms with E-state index >= 15 is 0 Å². The van der Waals surface area contributed by atoms with Crippen LogP contribution in [0.15, 0.2) is 53.6 Å². The Morgan fingerprint density at radius 3 is 2.47 bits per heavy atom. The summed E-state index contributed by atoms with van der Waals surface area (Å²) in [6.45, 7) is 2.05. The molecular formula is C14H13ClN2. The molecule has 17 heavy (non-hydrogen) atoms. The quantitative estimate of drug-likeness (QED) is 0.638. The van der Waals surface area contributed by atoms with Gasteiger partial charge in [0.2, 0.25) is 0 Å². The van der Waals surface area contributed by atoms with E-state index in [0.717, 1.165) is 11.3 Å². The van der Waals surface area contributed by atoms with Crippen molar-refractivity contribution in [1.29, 1.82) is 0 Å². The Balaban J connectivity index is 2.03. The maximum absolute atomic E-state index is 6.01. The van der Waals surface area contributed by atoms with Crippen LogP contribution in [0.2, 0.25) is 5.02 Å². The van der Waals surface area contributed by atoms with Crippen molar-refractivity contribution in [3.05, 3.63) is 64.7 Å². The van der Waals surface area contributed by atoms with Gasteiger partial charge in [-0.2, -0.15) is 5.10 Å². The summed E-state index contributed by atoms with van der Waals surface area (Å²) in [7, 11) is 0. The number of halogens is 1. The van der Waals surface area contributed by atoms with E-state index < -0.39 is 0 Å². The molecule has 2 rings (SSSR count). The molecular weight excluding hydrogens is 232 g/mol. The normalized spacial score (nSPS) is 10.7. The minimum Gasteiger partial charge on any atom is -0.279 e. The maximum atomic E-state index is 6.01. The molecule has 0 aliphatic heterocycles. The highest BCUT2D eigenvalue weighted by molar-refractivity contribution is 6.33. The van der Waals surface area contributed by atoms with Gasteiger partial charge in [0, 0.05) is 10.6 Å². The summed E-state index contributed by atoms with van der Waals surface area (Å²) in [5.74, 6) is 0. The minimum absolute atomic E-state index is 0.696. The molecule has 0 aliphatic rings. The van der Waals surface area contributed by atoms with Crippen molar-refractivity contribution in [3.63, 3.8) is 0 Å². The van der Waals surface area contributed by atoms with Gasteiger partial charge in [-0.25, -0.2) is 0 Å². The first-order chi connectivity index (χ1) is 8.25. The summed E-state index contributed by atoms with van der Waals surface area (Å²) < 4.78 is 0. The first kappa shape index (κ1) is 11.7. The molecule has 3 heteroatoms. The molecule has 0 unspecified atom stereocenters. The van der Waals surface area contributed by atoms with E-state index in [1.165, 1.54) is 5.56 Å². The predicted octanol–water partition coefficient (Wildman–Crippen LogP) is 4.09. The maximum Gasteiger partial charge on any atom is 0.0561 e. The Morgan fingerprint density at radius 1 is 1.06 bits per heavy atom. The molecule has 86 valence electrons. The Labute approximate surface area is 106 Å². The Bertz CT molecular complexity index is 518. The summed E-state index contributed by atoms with van der Waals surface area (Å²) in [5.41, 5.74) is 6.04. The number of anilines is 1. The second kappa shape index (κ2) is 5.51. The van der Waals surface area contributed by atoms with Crippen molar-refractivity contribution in [1.82, 2.24) is 0 Å². The van der Waals surface area contributed by atoms with Gasteiger partial charge in [-0.1, -0.05) is 47.5 Å². The van der Waals surface area contributed by atoms with Crippen LogP contribution in [0.5, 0.6) is 0 Å². The zero-order chi connectivity index (χ0) is 12.1. The Hall–Kier alpha value is -1.80. The van der Waals surface area contributed by atoms with Gasteiger partial charge in [0.15, 0.2) is 0 Å². The number of hydrazone groups is 1. The first-order valence-electron chi connectivity index (χ1n) is 5.36. The van der Waals surface area contributed by atoms with Crippen LogP contribution in [0.25, 0.3) is 0 Å². The van der Waals surface area contributed by atoms with Gasteiger partial charge in [-0.15, -0.1) is 0 Å². The van der Waals surface area contributed by atoms with Gasteiger partial charge in [-0.05, 0) is 25.1 Å². The molecule has 0 aromatic heterocycles. The van der Waals surface area contributed by atoms with Gasteiger partial charge in [0.1, 0.15) is 0 Å². The van der Waals surface area contributed by atoms with Crippen LogP contribution in [-0.4, -0.2) is 6.21 Å². The van der Waals surface area contributed by atoms with E-state index in [9.17, 15) is 0 Å². The van der Waals surface area contributed by atoms with Crippen molar-refractivity contribution in [3.8, 4) is 0 Å². The Morgan fingerprint density at radius 2 is 1.76 bits per heavy atom. The van der Waals surface area contributed by atoms with Crippen LogP contribution >= 0.6 is 11.6 Å². The average Bonchev–Trinajstić information content (AvgIpc) is 2.34. The van der Waals surface area contributed by atoms with Crippen molar-refractivity contribution >= 4 is 23.5 Å². The number of rotatable bonds is 3. The Kier molecular flexibility index (Phi) is 3.78. The van der Waals surface area contributed by atoms with Gasteiger partial charge in [0.25, 0.3) is 0 Å². The number of nitrogens with one attached hydrogen (secondary N) is 1. The summed E-state index contributed by atoms with van der Waals surface area (Å²) >= 11 is 6.01. The van der Waals surface area contributed by atoms with Crippen molar-refractivity contribution in [2.45, 2.75) is 6.92 Å². The zero-order valence-electron chi connectivity index (χ0n) is 9.52. The molecule has 2 aromatic carbocycles. The molecule has 0 heterocycles. The molecule has 0 spiro atoms. The van der Waals surface area contributed by atoms with Crippen LogP contribution in [0.1, 0.15) is 11.1 Å². The van der Waals surface area contributed by atoms with Gasteiger partial charge in [-0.3, -0.25) is 5.43 Å². The topological polar surface area (TPSA) is 24.4 Å². The monoisotopic (exact) mass is 244 g/mol. The van der Waals surface area contributed by atoms with E-state index in [1.807, 2.05) is 48.5 Å². The second-order valence-corrected chi connectivity index (χ2v) is 4.16. The van der Waals surface area contributed by atoms with Crippen LogP contribution in [0, 0.1) is 6.92 Å². The molecule has 0 fully saturated rings. The summed E-state index contributed by atoms with van der Waals surface area (Å²) in [6.07, 6.45) is 1.71. The fourth-order valence-electron chi connectivity index (χ4n) is 1.38. The largest absolute Gasteiger partial charge is 0.279 e. The molecule has 0 radical (unpaired) electrons. The zero-order valence-corrected chi connectivity index (χ0v) is 10.3. The average molecular weight is 245 g/mol. The van der Waals surface area contributed by atoms with E-state index in [-0.39, 0.29) is 0 Å². The number of hydrogen-bond acceptors (Lipinski definition) is 2. The smallest absolute Gasteiger partial charge is 0.0561 e. The lowest BCUT2D eigenvalue weighted by Gasteiger charge is -2.00. The fraction of sp³-hybridized carbons (Fsp3) is 0.0714. The standard InChI is InChI=1S/C14H13ClN2/c1-11-6-8-13(9-7-11)17-16-10-12-4-2-3-5-14(12)15/h2-10,17H,1H3/b16-10+. The summed E-state index contributed by atoms with van der Waals surface area (Å²) in [6, 6.07) is 15.6. The van der Waals surface area contributed by atoms with E-state index in [0.29, 0.717) is 5.02 Å².